The summed E-state index contributed by atoms with van der Waals surface area (Å²) in [5.74, 6) is 0. The minimum atomic E-state index is 1.44. The monoisotopic (exact) mass is 120 g/mol. The Morgan fingerprint density at radius 1 is 1.71 bits per heavy atom. The van der Waals surface area contributed by atoms with E-state index in [1.165, 1.54) is 4.42 Å². The lowest BCUT2D eigenvalue weighted by Crippen LogP contribution is -1.97. The average molecular weight is 121 g/mol. The van der Waals surface area contributed by atoms with Crippen molar-refractivity contribution in [3.05, 3.63) is 12.4 Å². The molecule has 0 aromatic heterocycles. The third-order valence-corrected chi connectivity index (χ3v) is 0.559. The van der Waals surface area contributed by atoms with Gasteiger partial charge in [0.1, 0.15) is 0 Å². The molecule has 2 nitrogen and oxygen atoms in total. The number of halogens is 1. The molecule has 0 saturated heterocycles. The van der Waals surface area contributed by atoms with Crippen LogP contribution in [0.3, 0.4) is 0 Å². The highest BCUT2D eigenvalue weighted by Gasteiger charge is 1.72. The van der Waals surface area contributed by atoms with E-state index in [9.17, 15) is 0 Å². The third kappa shape index (κ3) is 5.63. The zero-order valence-corrected chi connectivity index (χ0v) is 5.24. The predicted octanol–water partition coefficient (Wildman–Crippen LogP) is 0.763. The van der Waals surface area contributed by atoms with Gasteiger partial charge in [0.25, 0.3) is 0 Å². The van der Waals surface area contributed by atoms with E-state index in [1.54, 1.807) is 19.4 Å². The van der Waals surface area contributed by atoms with Gasteiger partial charge in [-0.05, 0) is 0 Å². The largest absolute Gasteiger partial charge is 0.393 e. The first-order valence-corrected chi connectivity index (χ1v) is 2.33. The van der Waals surface area contributed by atoms with Crippen molar-refractivity contribution in [3.63, 3.8) is 0 Å². The molecule has 1 N–H and O–H groups in total. The van der Waals surface area contributed by atoms with Gasteiger partial charge in [0.2, 0.25) is 0 Å². The Morgan fingerprint density at radius 3 is 2.43 bits per heavy atom. The maximum Gasteiger partial charge on any atom is 0.0314 e. The van der Waals surface area contributed by atoms with Crippen LogP contribution < -0.4 is 5.32 Å². The molecule has 0 spiro atoms. The maximum absolute atomic E-state index is 5.36. The third-order valence-electron chi connectivity index (χ3n) is 0.447. The van der Waals surface area contributed by atoms with Crippen LogP contribution in [0.5, 0.6) is 0 Å². The molecule has 0 aromatic carbocycles. The fourth-order valence-electron chi connectivity index (χ4n) is 0.177. The van der Waals surface area contributed by atoms with Gasteiger partial charge in [-0.15, -0.1) is 0 Å². The number of hydrogen-bond donors (Lipinski definition) is 1. The summed E-state index contributed by atoms with van der Waals surface area (Å²) in [6.45, 7) is 0. The molecule has 0 radical (unpaired) electrons. The first kappa shape index (κ1) is 6.63. The lowest BCUT2D eigenvalue weighted by Gasteiger charge is -1.96. The summed E-state index contributed by atoms with van der Waals surface area (Å²) < 4.78 is 1.44. The fraction of sp³-hybridized carbons (Fsp3) is 0.500. The second kappa shape index (κ2) is 3.81. The summed E-state index contributed by atoms with van der Waals surface area (Å²) >= 11 is 5.36. The number of rotatable bonds is 2. The number of nitrogens with one attached hydrogen (secondary N) is 1. The zero-order chi connectivity index (χ0) is 5.70. The average Bonchev–Trinajstić information content (AvgIpc) is 1.61. The van der Waals surface area contributed by atoms with Crippen molar-refractivity contribution in [2.75, 3.05) is 14.1 Å². The van der Waals surface area contributed by atoms with Crippen molar-refractivity contribution in [1.82, 2.24) is 9.74 Å². The quantitative estimate of drug-likeness (QED) is 0.542. The summed E-state index contributed by atoms with van der Waals surface area (Å²) in [6.07, 6.45) is 3.45. The van der Waals surface area contributed by atoms with Crippen LogP contribution in [0, 0.1) is 0 Å². The van der Waals surface area contributed by atoms with Crippen LogP contribution in [-0.2, 0) is 0 Å². The van der Waals surface area contributed by atoms with Gasteiger partial charge >= 0.3 is 0 Å². The van der Waals surface area contributed by atoms with E-state index in [4.69, 9.17) is 11.8 Å². The molecule has 0 atom stereocenters. The molecule has 0 aromatic rings. The van der Waals surface area contributed by atoms with Crippen LogP contribution >= 0.6 is 11.8 Å². The summed E-state index contributed by atoms with van der Waals surface area (Å²) in [4.78, 5) is 0. The van der Waals surface area contributed by atoms with Gasteiger partial charge in [-0.1, -0.05) is 0 Å². The molecule has 0 heterocycles. The van der Waals surface area contributed by atoms with Gasteiger partial charge in [0, 0.05) is 38.3 Å². The molecular formula is C4H9ClN2. The van der Waals surface area contributed by atoms with Crippen molar-refractivity contribution >= 4 is 11.8 Å². The first-order chi connectivity index (χ1) is 3.27. The molecule has 42 valence electrons. The van der Waals surface area contributed by atoms with Crippen LogP contribution in [0.2, 0.25) is 0 Å². The van der Waals surface area contributed by atoms with Crippen LogP contribution in [0.4, 0.5) is 0 Å². The lowest BCUT2D eigenvalue weighted by molar-refractivity contribution is 0.743. The topological polar surface area (TPSA) is 15.3 Å². The lowest BCUT2D eigenvalue weighted by atomic mass is 10.9. The van der Waals surface area contributed by atoms with E-state index < -0.39 is 0 Å². The molecule has 0 rings (SSSR count). The van der Waals surface area contributed by atoms with Crippen LogP contribution in [0.1, 0.15) is 0 Å². The molecule has 7 heavy (non-hydrogen) atoms. The minimum Gasteiger partial charge on any atom is -0.393 e. The maximum atomic E-state index is 5.36. The van der Waals surface area contributed by atoms with Gasteiger partial charge < -0.3 is 5.32 Å². The molecule has 0 aliphatic carbocycles. The van der Waals surface area contributed by atoms with Gasteiger partial charge in [0.15, 0.2) is 0 Å². The van der Waals surface area contributed by atoms with Gasteiger partial charge in [-0.25, -0.2) is 0 Å². The van der Waals surface area contributed by atoms with Crippen molar-refractivity contribution in [1.29, 1.82) is 0 Å². The Balaban J connectivity index is 3.08. The highest BCUT2D eigenvalue weighted by atomic mass is 35.5. The molecule has 0 aliphatic heterocycles. The highest BCUT2D eigenvalue weighted by molar-refractivity contribution is 6.13. The van der Waals surface area contributed by atoms with E-state index >= 15 is 0 Å². The highest BCUT2D eigenvalue weighted by Crippen LogP contribution is 1.84. The van der Waals surface area contributed by atoms with Crippen LogP contribution in [-0.4, -0.2) is 18.5 Å². The molecule has 0 fully saturated rings. The van der Waals surface area contributed by atoms with E-state index in [0.29, 0.717) is 0 Å². The van der Waals surface area contributed by atoms with Crippen molar-refractivity contribution < 1.29 is 0 Å². The zero-order valence-electron chi connectivity index (χ0n) is 4.48. The van der Waals surface area contributed by atoms with Gasteiger partial charge in [0.05, 0.1) is 0 Å². The van der Waals surface area contributed by atoms with Crippen LogP contribution in [0.25, 0.3) is 0 Å². The molecule has 0 unspecified atom stereocenters. The standard InChI is InChI=1S/C4H9ClN2/c1-6-3-4-7(2)5/h3-4,6H,1-2H3/b4-3-. The molecule has 0 amide bonds. The minimum absolute atomic E-state index is 1.44. The van der Waals surface area contributed by atoms with E-state index in [-0.39, 0.29) is 0 Å². The van der Waals surface area contributed by atoms with Crippen LogP contribution in [0.15, 0.2) is 12.4 Å². The second-order valence-corrected chi connectivity index (χ2v) is 1.66. The van der Waals surface area contributed by atoms with Crippen molar-refractivity contribution in [2.45, 2.75) is 0 Å². The SMILES string of the molecule is CN/C=C\N(C)Cl. The Morgan fingerprint density at radius 2 is 2.29 bits per heavy atom. The van der Waals surface area contributed by atoms with E-state index in [2.05, 4.69) is 5.32 Å². The fourth-order valence-corrected chi connectivity index (χ4v) is 0.234. The molecule has 0 saturated carbocycles. The Labute approximate surface area is 48.9 Å². The first-order valence-electron chi connectivity index (χ1n) is 2.00. The predicted molar refractivity (Wildman–Crippen MR) is 31.8 cm³/mol. The van der Waals surface area contributed by atoms with Gasteiger partial charge in [-0.2, -0.15) is 0 Å². The molecule has 3 heteroatoms. The van der Waals surface area contributed by atoms with E-state index in [0.717, 1.165) is 0 Å². The Bertz CT molecular complexity index is 60.7. The second-order valence-electron chi connectivity index (χ2n) is 1.13. The Hall–Kier alpha value is -0.370. The number of hydrogen-bond acceptors (Lipinski definition) is 2. The van der Waals surface area contributed by atoms with E-state index in [1.807, 2.05) is 7.05 Å². The van der Waals surface area contributed by atoms with Gasteiger partial charge in [-0.3, -0.25) is 4.42 Å². The summed E-state index contributed by atoms with van der Waals surface area (Å²) in [7, 11) is 3.56. The molecular weight excluding hydrogens is 112 g/mol. The van der Waals surface area contributed by atoms with Crippen molar-refractivity contribution in [3.8, 4) is 0 Å². The summed E-state index contributed by atoms with van der Waals surface area (Å²) in [5.41, 5.74) is 0. The number of nitrogens with zero attached hydrogens (tertiary/aromatic N) is 1. The normalized spacial score (nSPS) is 9.57. The Kier molecular flexibility index (Phi) is 3.61. The summed E-state index contributed by atoms with van der Waals surface area (Å²) in [6, 6.07) is 0. The summed E-state index contributed by atoms with van der Waals surface area (Å²) in [5, 5.41) is 2.79. The smallest absolute Gasteiger partial charge is 0.0314 e. The molecule has 0 bridgehead atoms. The van der Waals surface area contributed by atoms with Crippen molar-refractivity contribution in [2.24, 2.45) is 0 Å². The molecule has 0 aliphatic rings.